The fraction of sp³-hybridized carbons (Fsp3) is 0.133. The molecule has 0 spiro atoms. The highest BCUT2D eigenvalue weighted by atomic mass is 32.2. The normalized spacial score (nSPS) is 11.4. The molecule has 0 aliphatic rings. The highest BCUT2D eigenvalue weighted by Crippen LogP contribution is 2.28. The Morgan fingerprint density at radius 1 is 1.04 bits per heavy atom. The lowest BCUT2D eigenvalue weighted by Gasteiger charge is -2.10. The molecule has 0 aliphatic heterocycles. The van der Waals surface area contributed by atoms with Crippen molar-refractivity contribution in [3.63, 3.8) is 0 Å². The topological polar surface area (TPSA) is 117 Å². The van der Waals surface area contributed by atoms with Gasteiger partial charge in [0, 0.05) is 6.07 Å². The number of sulfonamides is 1. The second-order valence-electron chi connectivity index (χ2n) is 4.62. The van der Waals surface area contributed by atoms with Gasteiger partial charge >= 0.3 is 0 Å². The zero-order valence-corrected chi connectivity index (χ0v) is 13.7. The van der Waals surface area contributed by atoms with E-state index in [4.69, 9.17) is 9.47 Å². The minimum absolute atomic E-state index is 0.130. The van der Waals surface area contributed by atoms with Crippen molar-refractivity contribution in [2.24, 2.45) is 5.10 Å². The third-order valence-corrected chi connectivity index (χ3v) is 4.29. The van der Waals surface area contributed by atoms with Gasteiger partial charge in [-0.2, -0.15) is 18.4 Å². The van der Waals surface area contributed by atoms with Crippen molar-refractivity contribution in [1.29, 1.82) is 0 Å². The maximum absolute atomic E-state index is 12.3. The Balaban J connectivity index is 2.25. The Labute approximate surface area is 139 Å². The quantitative estimate of drug-likeness (QED) is 0.411. The van der Waals surface area contributed by atoms with Crippen LogP contribution in [0.1, 0.15) is 5.56 Å². The molecule has 2 aromatic rings. The Morgan fingerprint density at radius 3 is 2.42 bits per heavy atom. The van der Waals surface area contributed by atoms with Crippen LogP contribution in [0, 0.1) is 0 Å². The molecule has 0 heterocycles. The summed E-state index contributed by atoms with van der Waals surface area (Å²) in [4.78, 5) is 1.92. The number of rotatable bonds is 6. The summed E-state index contributed by atoms with van der Waals surface area (Å²) in [7, 11) is -1.22. The molecule has 128 valence electrons. The number of methoxy groups -OCH3 is 2. The lowest BCUT2D eigenvalue weighted by Crippen LogP contribution is -2.19. The van der Waals surface area contributed by atoms with Crippen LogP contribution in [0.25, 0.3) is 0 Å². The minimum atomic E-state index is -3.99. The zero-order chi connectivity index (χ0) is 17.7. The number of ether oxygens (including phenoxy) is 2. The molecular weight excluding hydrogens is 336 g/mol. The predicted octanol–water partition coefficient (Wildman–Crippen LogP) is 1.43. The summed E-state index contributed by atoms with van der Waals surface area (Å²) in [5, 5.41) is 22.2. The summed E-state index contributed by atoms with van der Waals surface area (Å²) in [5.41, 5.74) is 0.394. The first kappa shape index (κ1) is 17.4. The summed E-state index contributed by atoms with van der Waals surface area (Å²) in [6.07, 6.45) is 1.18. The van der Waals surface area contributed by atoms with Gasteiger partial charge in [-0.15, -0.1) is 0 Å². The first-order chi connectivity index (χ1) is 11.4. The molecule has 0 radical (unpaired) electrons. The first-order valence-corrected chi connectivity index (χ1v) is 8.14. The molecule has 0 saturated carbocycles. The van der Waals surface area contributed by atoms with Gasteiger partial charge in [0.25, 0.3) is 10.0 Å². The maximum Gasteiger partial charge on any atom is 0.280 e. The van der Waals surface area contributed by atoms with Gasteiger partial charge in [0.05, 0.1) is 20.4 Å². The van der Waals surface area contributed by atoms with E-state index in [0.717, 1.165) is 0 Å². The summed E-state index contributed by atoms with van der Waals surface area (Å²) in [6.45, 7) is 0. The van der Waals surface area contributed by atoms with Crippen LogP contribution >= 0.6 is 0 Å². The van der Waals surface area contributed by atoms with Crippen LogP contribution in [0.4, 0.5) is 0 Å². The van der Waals surface area contributed by atoms with Gasteiger partial charge in [0.15, 0.2) is 11.5 Å². The van der Waals surface area contributed by atoms with Gasteiger partial charge in [-0.25, -0.2) is 0 Å². The predicted molar refractivity (Wildman–Crippen MR) is 87.2 cm³/mol. The van der Waals surface area contributed by atoms with Gasteiger partial charge in [-0.3, -0.25) is 0 Å². The van der Waals surface area contributed by atoms with Crippen LogP contribution in [-0.2, 0) is 10.0 Å². The molecule has 0 aliphatic carbocycles. The Hall–Kier alpha value is -2.94. The van der Waals surface area contributed by atoms with Crippen molar-refractivity contribution in [2.45, 2.75) is 4.90 Å². The Bertz CT molecular complexity index is 864. The Morgan fingerprint density at radius 2 is 1.79 bits per heavy atom. The number of nitrogens with one attached hydrogen (secondary N) is 1. The number of hydrogen-bond acceptors (Lipinski definition) is 7. The highest BCUT2D eigenvalue weighted by Gasteiger charge is 2.19. The van der Waals surface area contributed by atoms with Gasteiger partial charge in [0.1, 0.15) is 16.4 Å². The molecule has 0 aromatic heterocycles. The van der Waals surface area contributed by atoms with E-state index >= 15 is 0 Å². The van der Waals surface area contributed by atoms with Crippen molar-refractivity contribution < 1.29 is 28.1 Å². The fourth-order valence-corrected chi connectivity index (χ4v) is 2.81. The van der Waals surface area contributed by atoms with Crippen LogP contribution in [-0.4, -0.2) is 39.1 Å². The van der Waals surface area contributed by atoms with E-state index in [0.29, 0.717) is 11.3 Å². The van der Waals surface area contributed by atoms with E-state index < -0.39 is 10.0 Å². The van der Waals surface area contributed by atoms with Gasteiger partial charge in [-0.05, 0) is 35.9 Å². The zero-order valence-electron chi connectivity index (χ0n) is 12.9. The standard InChI is InChI=1S/C15H16N2O6S/c1-22-11-4-6-14(23-2)15(8-11)24(20,21)17-16-9-10-3-5-12(18)13(19)7-10/h3-9,17-19H,1-2H3. The lowest BCUT2D eigenvalue weighted by molar-refractivity contribution is 0.392. The van der Waals surface area contributed by atoms with E-state index in [9.17, 15) is 18.6 Å². The second kappa shape index (κ2) is 7.09. The van der Waals surface area contributed by atoms with Gasteiger partial charge in [-0.1, -0.05) is 0 Å². The van der Waals surface area contributed by atoms with Crippen molar-refractivity contribution in [3.8, 4) is 23.0 Å². The molecule has 8 nitrogen and oxygen atoms in total. The number of benzene rings is 2. The molecule has 0 bridgehead atoms. The van der Waals surface area contributed by atoms with Crippen LogP contribution in [0.3, 0.4) is 0 Å². The highest BCUT2D eigenvalue weighted by molar-refractivity contribution is 7.89. The van der Waals surface area contributed by atoms with Crippen LogP contribution < -0.4 is 14.3 Å². The molecule has 2 rings (SSSR count). The molecule has 0 atom stereocenters. The molecule has 0 saturated heterocycles. The Kier molecular flexibility index (Phi) is 5.14. The monoisotopic (exact) mass is 352 g/mol. The smallest absolute Gasteiger partial charge is 0.280 e. The van der Waals surface area contributed by atoms with E-state index in [-0.39, 0.29) is 22.1 Å². The molecule has 24 heavy (non-hydrogen) atoms. The average Bonchev–Trinajstić information content (AvgIpc) is 2.57. The fourth-order valence-electron chi connectivity index (χ4n) is 1.83. The SMILES string of the molecule is COc1ccc(OC)c(S(=O)(=O)NN=Cc2ccc(O)c(O)c2)c1. The number of nitrogens with zero attached hydrogens (tertiary/aromatic N) is 1. The van der Waals surface area contributed by atoms with Gasteiger partial charge in [0.2, 0.25) is 0 Å². The molecule has 2 aromatic carbocycles. The summed E-state index contributed by atoms with van der Waals surface area (Å²) < 4.78 is 34.7. The molecular formula is C15H16N2O6S. The lowest BCUT2D eigenvalue weighted by atomic mass is 10.2. The van der Waals surface area contributed by atoms with Gasteiger partial charge < -0.3 is 19.7 Å². The van der Waals surface area contributed by atoms with Crippen LogP contribution in [0.5, 0.6) is 23.0 Å². The second-order valence-corrected chi connectivity index (χ2v) is 6.25. The molecule has 3 N–H and O–H groups in total. The summed E-state index contributed by atoms with van der Waals surface area (Å²) in [5.74, 6) is -0.130. The largest absolute Gasteiger partial charge is 0.504 e. The van der Waals surface area contributed by atoms with E-state index in [1.165, 1.54) is 50.8 Å². The van der Waals surface area contributed by atoms with Crippen LogP contribution in [0.15, 0.2) is 46.4 Å². The minimum Gasteiger partial charge on any atom is -0.504 e. The number of aromatic hydroxyl groups is 2. The first-order valence-electron chi connectivity index (χ1n) is 6.66. The molecule has 9 heteroatoms. The molecule has 0 amide bonds. The number of hydrogen-bond donors (Lipinski definition) is 3. The molecule has 0 unspecified atom stereocenters. The van der Waals surface area contributed by atoms with E-state index in [2.05, 4.69) is 5.10 Å². The third-order valence-electron chi connectivity index (χ3n) is 3.05. The van der Waals surface area contributed by atoms with Crippen molar-refractivity contribution in [3.05, 3.63) is 42.0 Å². The van der Waals surface area contributed by atoms with Crippen LogP contribution in [0.2, 0.25) is 0 Å². The maximum atomic E-state index is 12.3. The number of hydrazone groups is 1. The van der Waals surface area contributed by atoms with E-state index in [1.54, 1.807) is 6.07 Å². The van der Waals surface area contributed by atoms with Crippen molar-refractivity contribution in [1.82, 2.24) is 4.83 Å². The summed E-state index contributed by atoms with van der Waals surface area (Å²) >= 11 is 0. The number of phenolic OH excluding ortho intramolecular Hbond substituents is 2. The number of phenols is 2. The average molecular weight is 352 g/mol. The van der Waals surface area contributed by atoms with Crippen molar-refractivity contribution in [2.75, 3.05) is 14.2 Å². The molecule has 0 fully saturated rings. The van der Waals surface area contributed by atoms with E-state index in [1.807, 2.05) is 4.83 Å². The third kappa shape index (κ3) is 3.87. The summed E-state index contributed by atoms with van der Waals surface area (Å²) in [6, 6.07) is 8.30. The van der Waals surface area contributed by atoms with Crippen molar-refractivity contribution >= 4 is 16.2 Å².